The molecule has 0 heterocycles. The van der Waals surface area contributed by atoms with Gasteiger partial charge in [0.15, 0.2) is 0 Å². The van der Waals surface area contributed by atoms with Crippen molar-refractivity contribution in [1.29, 1.82) is 0 Å². The SMILES string of the molecule is CCCCCCCCCCC/C=C/C(=O)Oc1ccccc1. The van der Waals surface area contributed by atoms with Gasteiger partial charge in [-0.2, -0.15) is 0 Å². The Morgan fingerprint density at radius 1 is 0.909 bits per heavy atom. The summed E-state index contributed by atoms with van der Waals surface area (Å²) in [5.74, 6) is 0.308. The molecule has 0 fully saturated rings. The van der Waals surface area contributed by atoms with E-state index in [9.17, 15) is 4.79 Å². The van der Waals surface area contributed by atoms with Crippen molar-refractivity contribution in [3.05, 3.63) is 42.5 Å². The van der Waals surface area contributed by atoms with E-state index in [4.69, 9.17) is 4.74 Å². The summed E-state index contributed by atoms with van der Waals surface area (Å²) in [7, 11) is 0. The van der Waals surface area contributed by atoms with Gasteiger partial charge in [0.05, 0.1) is 0 Å². The summed E-state index contributed by atoms with van der Waals surface area (Å²) in [6.45, 7) is 2.25. The fourth-order valence-electron chi connectivity index (χ4n) is 2.39. The van der Waals surface area contributed by atoms with Crippen LogP contribution >= 0.6 is 0 Å². The molecule has 122 valence electrons. The molecule has 0 aliphatic heterocycles. The fraction of sp³-hybridized carbons (Fsp3) is 0.550. The number of hydrogen-bond donors (Lipinski definition) is 0. The van der Waals surface area contributed by atoms with E-state index in [2.05, 4.69) is 6.92 Å². The van der Waals surface area contributed by atoms with Gasteiger partial charge in [0, 0.05) is 6.08 Å². The van der Waals surface area contributed by atoms with Gasteiger partial charge in [-0.05, 0) is 25.0 Å². The lowest BCUT2D eigenvalue weighted by molar-refractivity contribution is -0.129. The summed E-state index contributed by atoms with van der Waals surface area (Å²) in [4.78, 5) is 11.6. The van der Waals surface area contributed by atoms with Crippen LogP contribution in [0.4, 0.5) is 0 Å². The summed E-state index contributed by atoms with van der Waals surface area (Å²) in [6.07, 6.45) is 16.3. The molecule has 0 N–H and O–H groups in total. The molecule has 0 saturated carbocycles. The monoisotopic (exact) mass is 302 g/mol. The Kier molecular flexibility index (Phi) is 11.0. The van der Waals surface area contributed by atoms with Crippen LogP contribution in [-0.2, 0) is 4.79 Å². The van der Waals surface area contributed by atoms with Crippen molar-refractivity contribution in [2.45, 2.75) is 71.1 Å². The first-order chi connectivity index (χ1) is 10.8. The average molecular weight is 302 g/mol. The van der Waals surface area contributed by atoms with E-state index in [1.54, 1.807) is 12.1 Å². The molecule has 0 saturated heterocycles. The number of carbonyl (C=O) groups is 1. The minimum Gasteiger partial charge on any atom is -0.423 e. The van der Waals surface area contributed by atoms with Crippen LogP contribution in [-0.4, -0.2) is 5.97 Å². The van der Waals surface area contributed by atoms with Gasteiger partial charge in [-0.15, -0.1) is 0 Å². The lowest BCUT2D eigenvalue weighted by Gasteiger charge is -2.01. The van der Waals surface area contributed by atoms with Crippen LogP contribution in [0.25, 0.3) is 0 Å². The summed E-state index contributed by atoms with van der Waals surface area (Å²) in [6, 6.07) is 9.18. The molecule has 1 rings (SSSR count). The zero-order valence-corrected chi connectivity index (χ0v) is 13.9. The van der Waals surface area contributed by atoms with Gasteiger partial charge in [-0.3, -0.25) is 0 Å². The van der Waals surface area contributed by atoms with Crippen molar-refractivity contribution in [2.75, 3.05) is 0 Å². The second-order valence-electron chi connectivity index (χ2n) is 5.75. The average Bonchev–Trinajstić information content (AvgIpc) is 2.53. The number of para-hydroxylation sites is 1. The Bertz CT molecular complexity index is 409. The van der Waals surface area contributed by atoms with Gasteiger partial charge in [0.25, 0.3) is 0 Å². The Hall–Kier alpha value is -1.57. The maximum absolute atomic E-state index is 11.6. The Labute approximate surface area is 135 Å². The highest BCUT2D eigenvalue weighted by Crippen LogP contribution is 2.11. The summed E-state index contributed by atoms with van der Waals surface area (Å²) < 4.78 is 5.18. The predicted octanol–water partition coefficient (Wildman–Crippen LogP) is 6.07. The molecule has 0 spiro atoms. The van der Waals surface area contributed by atoms with Crippen molar-refractivity contribution >= 4 is 5.97 Å². The molecule has 1 aromatic rings. The number of hydrogen-bond acceptors (Lipinski definition) is 2. The van der Waals surface area contributed by atoms with Gasteiger partial charge < -0.3 is 4.74 Å². The smallest absolute Gasteiger partial charge is 0.335 e. The molecule has 2 heteroatoms. The quantitative estimate of drug-likeness (QED) is 0.203. The maximum atomic E-state index is 11.6. The zero-order valence-electron chi connectivity index (χ0n) is 13.9. The third-order valence-corrected chi connectivity index (χ3v) is 3.69. The maximum Gasteiger partial charge on any atom is 0.335 e. The Morgan fingerprint density at radius 2 is 1.50 bits per heavy atom. The van der Waals surface area contributed by atoms with E-state index in [1.807, 2.05) is 24.3 Å². The standard InChI is InChI=1S/C20H30O2/c1-2-3-4-5-6-7-8-9-10-11-15-18-20(21)22-19-16-13-12-14-17-19/h12-18H,2-11H2,1H3/b18-15+. The molecule has 22 heavy (non-hydrogen) atoms. The Morgan fingerprint density at radius 3 is 2.14 bits per heavy atom. The number of esters is 1. The molecule has 0 atom stereocenters. The van der Waals surface area contributed by atoms with Crippen molar-refractivity contribution < 1.29 is 9.53 Å². The van der Waals surface area contributed by atoms with Gasteiger partial charge >= 0.3 is 5.97 Å². The van der Waals surface area contributed by atoms with Gasteiger partial charge in [-0.25, -0.2) is 4.79 Å². The first kappa shape index (κ1) is 18.5. The van der Waals surface area contributed by atoms with E-state index in [1.165, 1.54) is 57.4 Å². The third-order valence-electron chi connectivity index (χ3n) is 3.69. The normalized spacial score (nSPS) is 11.0. The van der Waals surface area contributed by atoms with Crippen molar-refractivity contribution in [2.24, 2.45) is 0 Å². The first-order valence-electron chi connectivity index (χ1n) is 8.76. The lowest BCUT2D eigenvalue weighted by Crippen LogP contribution is -2.03. The zero-order chi connectivity index (χ0) is 15.9. The number of allylic oxidation sites excluding steroid dienone is 1. The van der Waals surface area contributed by atoms with Gasteiger partial charge in [0.1, 0.15) is 5.75 Å². The molecule has 0 bridgehead atoms. The second kappa shape index (κ2) is 13.1. The molecular weight excluding hydrogens is 272 g/mol. The van der Waals surface area contributed by atoms with E-state index in [0.717, 1.165) is 12.8 Å². The molecule has 0 aliphatic carbocycles. The largest absolute Gasteiger partial charge is 0.423 e. The summed E-state index contributed by atoms with van der Waals surface area (Å²) in [5, 5.41) is 0. The highest BCUT2D eigenvalue weighted by Gasteiger charge is 1.98. The highest BCUT2D eigenvalue weighted by molar-refractivity contribution is 5.83. The summed E-state index contributed by atoms with van der Waals surface area (Å²) in [5.41, 5.74) is 0. The number of unbranched alkanes of at least 4 members (excludes halogenated alkanes) is 9. The minimum atomic E-state index is -0.290. The second-order valence-corrected chi connectivity index (χ2v) is 5.75. The molecule has 0 aliphatic rings. The molecule has 1 aromatic carbocycles. The molecular formula is C20H30O2. The first-order valence-corrected chi connectivity index (χ1v) is 8.76. The molecule has 0 radical (unpaired) electrons. The van der Waals surface area contributed by atoms with Gasteiger partial charge in [-0.1, -0.05) is 82.6 Å². The number of rotatable bonds is 12. The van der Waals surface area contributed by atoms with Crippen LogP contribution in [0.5, 0.6) is 5.75 Å². The molecule has 2 nitrogen and oxygen atoms in total. The number of ether oxygens (including phenoxy) is 1. The van der Waals surface area contributed by atoms with E-state index < -0.39 is 0 Å². The third kappa shape index (κ3) is 10.2. The number of carbonyl (C=O) groups excluding carboxylic acids is 1. The summed E-state index contributed by atoms with van der Waals surface area (Å²) >= 11 is 0. The molecule has 0 unspecified atom stereocenters. The van der Waals surface area contributed by atoms with E-state index in [-0.39, 0.29) is 5.97 Å². The van der Waals surface area contributed by atoms with Crippen molar-refractivity contribution in [1.82, 2.24) is 0 Å². The topological polar surface area (TPSA) is 26.3 Å². The van der Waals surface area contributed by atoms with Crippen LogP contribution in [0, 0.1) is 0 Å². The van der Waals surface area contributed by atoms with Crippen molar-refractivity contribution in [3.63, 3.8) is 0 Å². The van der Waals surface area contributed by atoms with Crippen LogP contribution < -0.4 is 4.74 Å². The fourth-order valence-corrected chi connectivity index (χ4v) is 2.39. The van der Waals surface area contributed by atoms with Crippen molar-refractivity contribution in [3.8, 4) is 5.75 Å². The van der Waals surface area contributed by atoms with Gasteiger partial charge in [0.2, 0.25) is 0 Å². The van der Waals surface area contributed by atoms with E-state index in [0.29, 0.717) is 5.75 Å². The van der Waals surface area contributed by atoms with Crippen LogP contribution in [0.1, 0.15) is 71.1 Å². The molecule has 0 amide bonds. The van der Waals surface area contributed by atoms with Crippen LogP contribution in [0.15, 0.2) is 42.5 Å². The lowest BCUT2D eigenvalue weighted by atomic mass is 10.1. The van der Waals surface area contributed by atoms with E-state index >= 15 is 0 Å². The predicted molar refractivity (Wildman–Crippen MR) is 93.1 cm³/mol. The highest BCUT2D eigenvalue weighted by atomic mass is 16.5. The minimum absolute atomic E-state index is 0.290. The number of benzene rings is 1. The molecule has 0 aromatic heterocycles. The van der Waals surface area contributed by atoms with Crippen LogP contribution in [0.3, 0.4) is 0 Å². The Balaban J connectivity index is 1.94. The van der Waals surface area contributed by atoms with Crippen LogP contribution in [0.2, 0.25) is 0 Å².